The second-order valence-corrected chi connectivity index (χ2v) is 5.98. The minimum Gasteiger partial charge on any atom is -0.508 e. The smallest absolute Gasteiger partial charge is 0.411 e. The van der Waals surface area contributed by atoms with E-state index in [9.17, 15) is 14.7 Å². The van der Waals surface area contributed by atoms with Crippen molar-refractivity contribution in [1.82, 2.24) is 4.90 Å². The SMILES string of the molecule is COC(=O)[C@H](C)N(Cc1cccc(O)c1)C(=O)OC(C)(C)C. The first-order valence-corrected chi connectivity index (χ1v) is 6.99. The molecule has 0 aliphatic carbocycles. The molecule has 0 unspecified atom stereocenters. The predicted octanol–water partition coefficient (Wildman–Crippen LogP) is 2.69. The van der Waals surface area contributed by atoms with E-state index >= 15 is 0 Å². The number of benzene rings is 1. The minimum atomic E-state index is -0.804. The van der Waals surface area contributed by atoms with E-state index in [-0.39, 0.29) is 12.3 Å². The maximum Gasteiger partial charge on any atom is 0.411 e. The highest BCUT2D eigenvalue weighted by Gasteiger charge is 2.30. The van der Waals surface area contributed by atoms with Gasteiger partial charge in [0.2, 0.25) is 0 Å². The van der Waals surface area contributed by atoms with Crippen molar-refractivity contribution in [3.05, 3.63) is 29.8 Å². The Hall–Kier alpha value is -2.24. The number of nitrogens with zero attached hydrogens (tertiary/aromatic N) is 1. The maximum atomic E-state index is 12.3. The lowest BCUT2D eigenvalue weighted by molar-refractivity contribution is -0.146. The van der Waals surface area contributed by atoms with Gasteiger partial charge in [0.1, 0.15) is 17.4 Å². The number of rotatable bonds is 4. The third-order valence-electron chi connectivity index (χ3n) is 2.90. The molecule has 0 aliphatic heterocycles. The molecule has 1 atom stereocenters. The van der Waals surface area contributed by atoms with Crippen molar-refractivity contribution in [3.63, 3.8) is 0 Å². The maximum absolute atomic E-state index is 12.3. The molecule has 0 spiro atoms. The fraction of sp³-hybridized carbons (Fsp3) is 0.500. The van der Waals surface area contributed by atoms with E-state index in [1.54, 1.807) is 39.8 Å². The summed E-state index contributed by atoms with van der Waals surface area (Å²) in [5.74, 6) is -0.446. The number of ether oxygens (including phenoxy) is 2. The number of esters is 1. The van der Waals surface area contributed by atoms with Crippen LogP contribution in [0.4, 0.5) is 4.79 Å². The highest BCUT2D eigenvalue weighted by atomic mass is 16.6. The molecule has 0 saturated carbocycles. The molecule has 6 nitrogen and oxygen atoms in total. The fourth-order valence-corrected chi connectivity index (χ4v) is 1.83. The molecule has 6 heteroatoms. The van der Waals surface area contributed by atoms with Crippen molar-refractivity contribution in [2.45, 2.75) is 45.9 Å². The molecule has 1 aromatic carbocycles. The van der Waals surface area contributed by atoms with E-state index in [0.717, 1.165) is 0 Å². The number of hydrogen-bond acceptors (Lipinski definition) is 5. The van der Waals surface area contributed by atoms with Gasteiger partial charge < -0.3 is 14.6 Å². The Morgan fingerprint density at radius 3 is 2.45 bits per heavy atom. The van der Waals surface area contributed by atoms with Crippen LogP contribution in [0.2, 0.25) is 0 Å². The van der Waals surface area contributed by atoms with Gasteiger partial charge in [-0.05, 0) is 45.4 Å². The predicted molar refractivity (Wildman–Crippen MR) is 81.4 cm³/mol. The average molecular weight is 309 g/mol. The number of methoxy groups -OCH3 is 1. The number of carbonyl (C=O) groups is 2. The molecule has 0 heterocycles. The van der Waals surface area contributed by atoms with Gasteiger partial charge in [-0.1, -0.05) is 12.1 Å². The summed E-state index contributed by atoms with van der Waals surface area (Å²) in [6, 6.07) is 5.68. The van der Waals surface area contributed by atoms with Crippen LogP contribution < -0.4 is 0 Å². The monoisotopic (exact) mass is 309 g/mol. The molecule has 0 aliphatic rings. The standard InChI is InChI=1S/C16H23NO5/c1-11(14(19)21-5)17(15(20)22-16(2,3)4)10-12-7-6-8-13(18)9-12/h6-9,11,18H,10H2,1-5H3/t11-/m0/s1. The second kappa shape index (κ2) is 7.15. The summed E-state index contributed by atoms with van der Waals surface area (Å²) in [5.41, 5.74) is 0.00546. The molecular weight excluding hydrogens is 286 g/mol. The topological polar surface area (TPSA) is 76.1 Å². The average Bonchev–Trinajstić information content (AvgIpc) is 2.41. The zero-order chi connectivity index (χ0) is 16.9. The van der Waals surface area contributed by atoms with Crippen LogP contribution in [0, 0.1) is 0 Å². The summed E-state index contributed by atoms with van der Waals surface area (Å²) >= 11 is 0. The normalized spacial score (nSPS) is 12.4. The molecule has 0 bridgehead atoms. The van der Waals surface area contributed by atoms with Crippen LogP contribution in [0.1, 0.15) is 33.3 Å². The highest BCUT2D eigenvalue weighted by molar-refractivity contribution is 5.81. The molecule has 0 saturated heterocycles. The largest absolute Gasteiger partial charge is 0.508 e. The van der Waals surface area contributed by atoms with Crippen LogP contribution in [-0.4, -0.2) is 40.8 Å². The summed E-state index contributed by atoms with van der Waals surface area (Å²) in [6.45, 7) is 6.94. The molecule has 1 N–H and O–H groups in total. The fourth-order valence-electron chi connectivity index (χ4n) is 1.83. The van der Waals surface area contributed by atoms with Crippen molar-refractivity contribution in [1.29, 1.82) is 0 Å². The van der Waals surface area contributed by atoms with Gasteiger partial charge in [-0.15, -0.1) is 0 Å². The molecule has 1 aromatic rings. The van der Waals surface area contributed by atoms with Crippen LogP contribution in [-0.2, 0) is 20.8 Å². The minimum absolute atomic E-state index is 0.0901. The zero-order valence-corrected chi connectivity index (χ0v) is 13.6. The molecular formula is C16H23NO5. The van der Waals surface area contributed by atoms with Gasteiger partial charge in [-0.25, -0.2) is 9.59 Å². The molecule has 1 amide bonds. The molecule has 122 valence electrons. The Morgan fingerprint density at radius 2 is 1.95 bits per heavy atom. The van der Waals surface area contributed by atoms with Crippen LogP contribution in [0.15, 0.2) is 24.3 Å². The van der Waals surface area contributed by atoms with Crippen molar-refractivity contribution < 1.29 is 24.2 Å². The Kier molecular flexibility index (Phi) is 5.79. The first-order valence-electron chi connectivity index (χ1n) is 6.99. The molecule has 0 aromatic heterocycles. The molecule has 0 radical (unpaired) electrons. The lowest BCUT2D eigenvalue weighted by Crippen LogP contribution is -2.45. The number of hydrogen-bond donors (Lipinski definition) is 1. The first kappa shape index (κ1) is 17.8. The summed E-state index contributed by atoms with van der Waals surface area (Å²) in [7, 11) is 1.26. The van der Waals surface area contributed by atoms with Gasteiger partial charge in [-0.2, -0.15) is 0 Å². The lowest BCUT2D eigenvalue weighted by Gasteiger charge is -2.30. The Morgan fingerprint density at radius 1 is 1.32 bits per heavy atom. The highest BCUT2D eigenvalue weighted by Crippen LogP contribution is 2.18. The van der Waals surface area contributed by atoms with E-state index in [4.69, 9.17) is 9.47 Å². The van der Waals surface area contributed by atoms with E-state index in [2.05, 4.69) is 0 Å². The molecule has 22 heavy (non-hydrogen) atoms. The number of aromatic hydroxyl groups is 1. The quantitative estimate of drug-likeness (QED) is 0.865. The van der Waals surface area contributed by atoms with Gasteiger partial charge >= 0.3 is 12.1 Å². The number of phenolic OH excluding ortho intramolecular Hbond substituents is 1. The van der Waals surface area contributed by atoms with Crippen LogP contribution >= 0.6 is 0 Å². The molecule has 0 fully saturated rings. The van der Waals surface area contributed by atoms with Crippen LogP contribution in [0.5, 0.6) is 5.75 Å². The van der Waals surface area contributed by atoms with Crippen molar-refractivity contribution >= 4 is 12.1 Å². The van der Waals surface area contributed by atoms with Crippen molar-refractivity contribution in [2.24, 2.45) is 0 Å². The van der Waals surface area contributed by atoms with Crippen LogP contribution in [0.25, 0.3) is 0 Å². The second-order valence-electron chi connectivity index (χ2n) is 5.98. The summed E-state index contributed by atoms with van der Waals surface area (Å²) in [4.78, 5) is 25.4. The third kappa shape index (κ3) is 5.27. The van der Waals surface area contributed by atoms with Gasteiger partial charge in [0.05, 0.1) is 13.7 Å². The van der Waals surface area contributed by atoms with Gasteiger partial charge in [0.25, 0.3) is 0 Å². The van der Waals surface area contributed by atoms with E-state index in [1.165, 1.54) is 24.1 Å². The van der Waals surface area contributed by atoms with Gasteiger partial charge in [0.15, 0.2) is 0 Å². The van der Waals surface area contributed by atoms with Crippen LogP contribution in [0.3, 0.4) is 0 Å². The zero-order valence-electron chi connectivity index (χ0n) is 13.6. The van der Waals surface area contributed by atoms with Gasteiger partial charge in [0, 0.05) is 0 Å². The molecule has 1 rings (SSSR count). The Balaban J connectivity index is 3.00. The summed E-state index contributed by atoms with van der Waals surface area (Å²) in [5, 5.41) is 9.52. The van der Waals surface area contributed by atoms with E-state index in [0.29, 0.717) is 5.56 Å². The Labute approximate surface area is 130 Å². The van der Waals surface area contributed by atoms with Gasteiger partial charge in [-0.3, -0.25) is 4.90 Å². The van der Waals surface area contributed by atoms with E-state index in [1.807, 2.05) is 0 Å². The summed E-state index contributed by atoms with van der Waals surface area (Å²) < 4.78 is 10.0. The first-order chi connectivity index (χ1) is 10.1. The van der Waals surface area contributed by atoms with Crippen molar-refractivity contribution in [3.8, 4) is 5.75 Å². The summed E-state index contributed by atoms with van der Waals surface area (Å²) in [6.07, 6.45) is -0.617. The number of carbonyl (C=O) groups excluding carboxylic acids is 2. The van der Waals surface area contributed by atoms with Crippen molar-refractivity contribution in [2.75, 3.05) is 7.11 Å². The number of phenols is 1. The Bertz CT molecular complexity index is 536. The van der Waals surface area contributed by atoms with E-state index < -0.39 is 23.7 Å². The third-order valence-corrected chi connectivity index (χ3v) is 2.90. The number of amides is 1. The lowest BCUT2D eigenvalue weighted by atomic mass is 10.1.